The second kappa shape index (κ2) is 8.82. The molecule has 3 aromatic rings. The molecule has 0 radical (unpaired) electrons. The molecular weight excluding hydrogens is 376 g/mol. The van der Waals surface area contributed by atoms with E-state index in [1.54, 1.807) is 4.90 Å². The Morgan fingerprint density at radius 1 is 0.967 bits per heavy atom. The average molecular weight is 400 g/mol. The van der Waals surface area contributed by atoms with Crippen molar-refractivity contribution >= 4 is 23.2 Å². The van der Waals surface area contributed by atoms with Gasteiger partial charge in [0.15, 0.2) is 6.10 Å². The van der Waals surface area contributed by atoms with E-state index in [1.807, 2.05) is 85.8 Å². The molecule has 0 fully saturated rings. The molecule has 0 aliphatic carbocycles. The fourth-order valence-electron chi connectivity index (χ4n) is 3.64. The minimum absolute atomic E-state index is 0.0394. The van der Waals surface area contributed by atoms with Gasteiger partial charge in [0.1, 0.15) is 5.75 Å². The molecule has 3 aromatic carbocycles. The van der Waals surface area contributed by atoms with Crippen molar-refractivity contribution in [2.75, 3.05) is 16.8 Å². The Labute approximate surface area is 176 Å². The first kappa shape index (κ1) is 19.7. The van der Waals surface area contributed by atoms with Gasteiger partial charge in [0.25, 0.3) is 5.91 Å². The zero-order chi connectivity index (χ0) is 20.9. The van der Waals surface area contributed by atoms with Gasteiger partial charge in [-0.15, -0.1) is 0 Å². The molecule has 4 rings (SSSR count). The summed E-state index contributed by atoms with van der Waals surface area (Å²) in [6.45, 7) is 2.58. The van der Waals surface area contributed by atoms with Crippen LogP contribution in [-0.2, 0) is 22.4 Å². The summed E-state index contributed by atoms with van der Waals surface area (Å²) in [5.41, 5.74) is 3.53. The van der Waals surface area contributed by atoms with Gasteiger partial charge >= 0.3 is 0 Å². The molecule has 1 heterocycles. The van der Waals surface area contributed by atoms with Crippen LogP contribution in [0.3, 0.4) is 0 Å². The highest BCUT2D eigenvalue weighted by atomic mass is 16.5. The molecule has 0 aromatic heterocycles. The number of nitrogens with zero attached hydrogens (tertiary/aromatic N) is 1. The molecule has 1 N–H and O–H groups in total. The molecule has 1 atom stereocenters. The van der Waals surface area contributed by atoms with Crippen LogP contribution in [0.1, 0.15) is 18.1 Å². The molecule has 5 nitrogen and oxygen atoms in total. The zero-order valence-corrected chi connectivity index (χ0v) is 16.9. The molecule has 2 amide bonds. The number of nitrogens with one attached hydrogen (secondary N) is 1. The van der Waals surface area contributed by atoms with Crippen LogP contribution in [0.4, 0.5) is 11.4 Å². The second-order valence-electron chi connectivity index (χ2n) is 7.25. The number of amides is 2. The highest BCUT2D eigenvalue weighted by molar-refractivity contribution is 5.96. The normalized spacial score (nSPS) is 14.5. The van der Waals surface area contributed by atoms with Gasteiger partial charge < -0.3 is 15.0 Å². The van der Waals surface area contributed by atoms with Gasteiger partial charge in [0, 0.05) is 24.3 Å². The number of ether oxygens (including phenoxy) is 1. The van der Waals surface area contributed by atoms with Crippen molar-refractivity contribution in [3.63, 3.8) is 0 Å². The van der Waals surface area contributed by atoms with Gasteiger partial charge in [-0.25, -0.2) is 0 Å². The Morgan fingerprint density at radius 2 is 1.67 bits per heavy atom. The lowest BCUT2D eigenvalue weighted by molar-refractivity contribution is -0.122. The molecule has 0 saturated heterocycles. The van der Waals surface area contributed by atoms with E-state index in [-0.39, 0.29) is 11.8 Å². The van der Waals surface area contributed by atoms with Crippen molar-refractivity contribution in [2.24, 2.45) is 0 Å². The van der Waals surface area contributed by atoms with Crippen molar-refractivity contribution in [1.29, 1.82) is 0 Å². The van der Waals surface area contributed by atoms with Crippen LogP contribution in [0.5, 0.6) is 5.75 Å². The highest BCUT2D eigenvalue weighted by Crippen LogP contribution is 2.28. The summed E-state index contributed by atoms with van der Waals surface area (Å²) in [7, 11) is 0. The lowest BCUT2D eigenvalue weighted by atomic mass is 10.1. The van der Waals surface area contributed by atoms with E-state index in [1.165, 1.54) is 0 Å². The van der Waals surface area contributed by atoms with Gasteiger partial charge in [0.2, 0.25) is 5.91 Å². The number of hydrogen-bond acceptors (Lipinski definition) is 3. The molecule has 0 saturated carbocycles. The lowest BCUT2D eigenvalue weighted by Gasteiger charge is -2.21. The predicted molar refractivity (Wildman–Crippen MR) is 118 cm³/mol. The van der Waals surface area contributed by atoms with E-state index < -0.39 is 6.10 Å². The Bertz CT molecular complexity index is 1010. The largest absolute Gasteiger partial charge is 0.480 e. The number of anilines is 2. The summed E-state index contributed by atoms with van der Waals surface area (Å²) in [6, 6.07) is 24.7. The third-order valence-electron chi connectivity index (χ3n) is 5.20. The van der Waals surface area contributed by atoms with Gasteiger partial charge in [-0.1, -0.05) is 48.5 Å². The molecule has 0 bridgehead atoms. The first-order valence-corrected chi connectivity index (χ1v) is 10.1. The molecule has 1 aliphatic heterocycles. The van der Waals surface area contributed by atoms with Gasteiger partial charge in [-0.3, -0.25) is 9.59 Å². The third kappa shape index (κ3) is 4.35. The van der Waals surface area contributed by atoms with E-state index in [4.69, 9.17) is 4.74 Å². The topological polar surface area (TPSA) is 58.6 Å². The standard InChI is InChI=1S/C25H24N2O3/c1-2-27(21-9-4-3-5-10-21)24(28)16-18-12-14-20(15-13-18)26-25(29)23-17-19-8-6-7-11-22(19)30-23/h3-15,23H,2,16-17H2,1H3,(H,26,29). The Hall–Kier alpha value is -3.60. The maximum Gasteiger partial charge on any atom is 0.265 e. The monoisotopic (exact) mass is 400 g/mol. The summed E-state index contributed by atoms with van der Waals surface area (Å²) in [5.74, 6) is 0.638. The van der Waals surface area contributed by atoms with Crippen LogP contribution < -0.4 is 15.0 Å². The molecule has 5 heteroatoms. The summed E-state index contributed by atoms with van der Waals surface area (Å²) >= 11 is 0. The summed E-state index contributed by atoms with van der Waals surface area (Å²) in [5, 5.41) is 2.90. The molecular formula is C25H24N2O3. The molecule has 1 aliphatic rings. The van der Waals surface area contributed by atoms with E-state index >= 15 is 0 Å². The van der Waals surface area contributed by atoms with E-state index in [2.05, 4.69) is 5.32 Å². The van der Waals surface area contributed by atoms with Crippen LogP contribution in [0.25, 0.3) is 0 Å². The first-order chi connectivity index (χ1) is 14.6. The van der Waals surface area contributed by atoms with Crippen molar-refractivity contribution in [2.45, 2.75) is 25.9 Å². The highest BCUT2D eigenvalue weighted by Gasteiger charge is 2.28. The predicted octanol–water partition coefficient (Wildman–Crippen LogP) is 4.22. The van der Waals surface area contributed by atoms with Gasteiger partial charge in [0.05, 0.1) is 6.42 Å². The van der Waals surface area contributed by atoms with Crippen LogP contribution in [0.15, 0.2) is 78.9 Å². The van der Waals surface area contributed by atoms with Crippen LogP contribution in [0, 0.1) is 0 Å². The quantitative estimate of drug-likeness (QED) is 0.674. The van der Waals surface area contributed by atoms with Crippen LogP contribution in [0.2, 0.25) is 0 Å². The van der Waals surface area contributed by atoms with E-state index in [0.717, 1.165) is 22.6 Å². The summed E-state index contributed by atoms with van der Waals surface area (Å²) in [4.78, 5) is 27.0. The number of fused-ring (bicyclic) bond motifs is 1. The number of carbonyl (C=O) groups excluding carboxylic acids is 2. The maximum atomic E-state index is 12.7. The Balaban J connectivity index is 1.35. The molecule has 1 unspecified atom stereocenters. The summed E-state index contributed by atoms with van der Waals surface area (Å²) < 4.78 is 5.74. The van der Waals surface area contributed by atoms with Gasteiger partial charge in [-0.2, -0.15) is 0 Å². The third-order valence-corrected chi connectivity index (χ3v) is 5.20. The van der Waals surface area contributed by atoms with Crippen molar-refractivity contribution < 1.29 is 14.3 Å². The first-order valence-electron chi connectivity index (χ1n) is 10.1. The Morgan fingerprint density at radius 3 is 2.37 bits per heavy atom. The van der Waals surface area contributed by atoms with E-state index in [9.17, 15) is 9.59 Å². The van der Waals surface area contributed by atoms with Gasteiger partial charge in [-0.05, 0) is 48.4 Å². The Kier molecular flexibility index (Phi) is 5.80. The van der Waals surface area contributed by atoms with Crippen LogP contribution >= 0.6 is 0 Å². The van der Waals surface area contributed by atoms with Crippen molar-refractivity contribution in [3.8, 4) is 5.75 Å². The smallest absolute Gasteiger partial charge is 0.265 e. The minimum Gasteiger partial charge on any atom is -0.480 e. The van der Waals surface area contributed by atoms with Crippen LogP contribution in [-0.4, -0.2) is 24.5 Å². The number of hydrogen-bond donors (Lipinski definition) is 1. The maximum absolute atomic E-state index is 12.7. The van der Waals surface area contributed by atoms with Crippen molar-refractivity contribution in [3.05, 3.63) is 90.0 Å². The number of rotatable bonds is 6. The fourth-order valence-corrected chi connectivity index (χ4v) is 3.64. The van der Waals surface area contributed by atoms with E-state index in [0.29, 0.717) is 25.1 Å². The minimum atomic E-state index is -0.521. The number of benzene rings is 3. The molecule has 0 spiro atoms. The zero-order valence-electron chi connectivity index (χ0n) is 16.9. The lowest BCUT2D eigenvalue weighted by Crippen LogP contribution is -2.32. The molecule has 30 heavy (non-hydrogen) atoms. The average Bonchev–Trinajstić information content (AvgIpc) is 3.21. The molecule has 152 valence electrons. The van der Waals surface area contributed by atoms with Crippen molar-refractivity contribution in [1.82, 2.24) is 0 Å². The second-order valence-corrected chi connectivity index (χ2v) is 7.25. The summed E-state index contributed by atoms with van der Waals surface area (Å²) in [6.07, 6.45) is 0.353. The fraction of sp³-hybridized carbons (Fsp3) is 0.200. The number of para-hydroxylation sites is 2. The SMILES string of the molecule is CCN(C(=O)Cc1ccc(NC(=O)C2Cc3ccccc3O2)cc1)c1ccccc1. The number of carbonyl (C=O) groups is 2. The number of likely N-dealkylation sites (N-methyl/N-ethyl adjacent to an activating group) is 1.